The van der Waals surface area contributed by atoms with Crippen LogP contribution in [-0.2, 0) is 0 Å². The van der Waals surface area contributed by atoms with Crippen LogP contribution < -0.4 is 5.32 Å². The molecule has 0 aliphatic carbocycles. The van der Waals surface area contributed by atoms with Crippen LogP contribution in [0.4, 0.5) is 5.82 Å². The van der Waals surface area contributed by atoms with Crippen LogP contribution in [-0.4, -0.2) is 34.1 Å². The Bertz CT molecular complexity index is 407. The maximum Gasteiger partial charge on any atom is 0.335 e. The summed E-state index contributed by atoms with van der Waals surface area (Å²) in [5, 5.41) is 12.0. The largest absolute Gasteiger partial charge is 0.478 e. The van der Waals surface area contributed by atoms with Crippen molar-refractivity contribution in [2.75, 3.05) is 23.4 Å². The molecule has 0 unspecified atom stereocenters. The van der Waals surface area contributed by atoms with Gasteiger partial charge in [0.2, 0.25) is 0 Å². The lowest BCUT2D eigenvalue weighted by molar-refractivity contribution is 0.0696. The van der Waals surface area contributed by atoms with Gasteiger partial charge >= 0.3 is 5.97 Å². The molecule has 0 bridgehead atoms. The molecule has 92 valence electrons. The number of carboxylic acids is 1. The fraction of sp³-hybridized carbons (Fsp3) is 0.333. The van der Waals surface area contributed by atoms with Crippen LogP contribution in [0.3, 0.4) is 0 Å². The molecule has 0 saturated carbocycles. The molecule has 2 N–H and O–H groups in total. The Labute approximate surface area is 105 Å². The van der Waals surface area contributed by atoms with E-state index in [2.05, 4.69) is 16.9 Å². The lowest BCUT2D eigenvalue weighted by Crippen LogP contribution is -2.08. The Hall–Kier alpha value is -1.49. The monoisotopic (exact) mass is 252 g/mol. The number of anilines is 1. The fourth-order valence-electron chi connectivity index (χ4n) is 1.30. The van der Waals surface area contributed by atoms with Gasteiger partial charge in [-0.15, -0.1) is 6.58 Å². The molecule has 0 aliphatic heterocycles. The van der Waals surface area contributed by atoms with Crippen molar-refractivity contribution in [1.82, 2.24) is 4.98 Å². The van der Waals surface area contributed by atoms with Crippen molar-refractivity contribution in [3.05, 3.63) is 36.0 Å². The maximum atomic E-state index is 10.8. The van der Waals surface area contributed by atoms with Crippen LogP contribution >= 0.6 is 11.8 Å². The maximum absolute atomic E-state index is 10.8. The predicted octanol–water partition coefficient (Wildman–Crippen LogP) is 2.42. The number of aromatic nitrogens is 1. The predicted molar refractivity (Wildman–Crippen MR) is 71.9 cm³/mol. The van der Waals surface area contributed by atoms with Crippen LogP contribution in [0.25, 0.3) is 0 Å². The molecule has 0 spiro atoms. The fourth-order valence-corrected chi connectivity index (χ4v) is 1.88. The lowest BCUT2D eigenvalue weighted by Gasteiger charge is -2.07. The lowest BCUT2D eigenvalue weighted by atomic mass is 10.2. The molecule has 1 aromatic heterocycles. The minimum Gasteiger partial charge on any atom is -0.478 e. The van der Waals surface area contributed by atoms with Crippen molar-refractivity contribution < 1.29 is 9.90 Å². The SMILES string of the molecule is C=CCSCCNc1cc(C(=O)O)cc(C)n1. The van der Waals surface area contributed by atoms with E-state index in [1.54, 1.807) is 30.8 Å². The van der Waals surface area contributed by atoms with Gasteiger partial charge in [-0.3, -0.25) is 0 Å². The zero-order chi connectivity index (χ0) is 12.7. The molecule has 17 heavy (non-hydrogen) atoms. The number of aromatic carboxylic acids is 1. The summed E-state index contributed by atoms with van der Waals surface area (Å²) in [5.41, 5.74) is 0.963. The van der Waals surface area contributed by atoms with Gasteiger partial charge in [0.15, 0.2) is 0 Å². The summed E-state index contributed by atoms with van der Waals surface area (Å²) >= 11 is 1.76. The number of rotatable bonds is 7. The molecule has 5 heteroatoms. The molecule has 0 aliphatic rings. The summed E-state index contributed by atoms with van der Waals surface area (Å²) in [5.74, 6) is 1.54. The third-order valence-corrected chi connectivity index (χ3v) is 2.95. The Balaban J connectivity index is 2.53. The topological polar surface area (TPSA) is 62.2 Å². The number of aryl methyl sites for hydroxylation is 1. The number of thioether (sulfide) groups is 1. The van der Waals surface area contributed by atoms with Crippen molar-refractivity contribution in [2.24, 2.45) is 0 Å². The smallest absolute Gasteiger partial charge is 0.335 e. The number of hydrogen-bond acceptors (Lipinski definition) is 4. The van der Waals surface area contributed by atoms with Crippen molar-refractivity contribution in [1.29, 1.82) is 0 Å². The van der Waals surface area contributed by atoms with E-state index in [9.17, 15) is 4.79 Å². The average molecular weight is 252 g/mol. The minimum absolute atomic E-state index is 0.263. The van der Waals surface area contributed by atoms with E-state index in [4.69, 9.17) is 5.11 Å². The van der Waals surface area contributed by atoms with E-state index in [0.29, 0.717) is 11.5 Å². The van der Waals surface area contributed by atoms with E-state index in [0.717, 1.165) is 18.1 Å². The number of carboxylic acid groups (broad SMARTS) is 1. The molecule has 0 fully saturated rings. The van der Waals surface area contributed by atoms with Gasteiger partial charge in [-0.1, -0.05) is 6.08 Å². The molecule has 4 nitrogen and oxygen atoms in total. The van der Waals surface area contributed by atoms with Gasteiger partial charge in [0.25, 0.3) is 0 Å². The summed E-state index contributed by atoms with van der Waals surface area (Å²) in [6.07, 6.45) is 1.86. The molecule has 1 aromatic rings. The van der Waals surface area contributed by atoms with Gasteiger partial charge in [-0.05, 0) is 19.1 Å². The zero-order valence-electron chi connectivity index (χ0n) is 9.77. The second kappa shape index (κ2) is 6.96. The van der Waals surface area contributed by atoms with E-state index < -0.39 is 5.97 Å². The highest BCUT2D eigenvalue weighted by atomic mass is 32.2. The molecule has 0 radical (unpaired) electrons. The molecular formula is C12H16N2O2S. The quantitative estimate of drug-likeness (QED) is 0.576. The van der Waals surface area contributed by atoms with Crippen molar-refractivity contribution >= 4 is 23.5 Å². The number of nitrogens with one attached hydrogen (secondary N) is 1. The molecular weight excluding hydrogens is 236 g/mol. The van der Waals surface area contributed by atoms with Crippen molar-refractivity contribution in [3.8, 4) is 0 Å². The van der Waals surface area contributed by atoms with E-state index in [-0.39, 0.29) is 5.56 Å². The van der Waals surface area contributed by atoms with Gasteiger partial charge < -0.3 is 10.4 Å². The third-order valence-electron chi connectivity index (χ3n) is 1.99. The Morgan fingerprint density at radius 2 is 2.41 bits per heavy atom. The summed E-state index contributed by atoms with van der Waals surface area (Å²) in [6.45, 7) is 6.18. The van der Waals surface area contributed by atoms with Crippen molar-refractivity contribution in [2.45, 2.75) is 6.92 Å². The van der Waals surface area contributed by atoms with Crippen molar-refractivity contribution in [3.63, 3.8) is 0 Å². The van der Waals surface area contributed by atoms with E-state index in [1.807, 2.05) is 6.08 Å². The van der Waals surface area contributed by atoms with Gasteiger partial charge in [-0.25, -0.2) is 9.78 Å². The van der Waals surface area contributed by atoms with Crippen LogP contribution in [0.1, 0.15) is 16.1 Å². The Kier molecular flexibility index (Phi) is 5.56. The number of nitrogens with zero attached hydrogens (tertiary/aromatic N) is 1. The first-order valence-electron chi connectivity index (χ1n) is 5.28. The molecule has 0 amide bonds. The van der Waals surface area contributed by atoms with Gasteiger partial charge in [0.1, 0.15) is 5.82 Å². The first-order chi connectivity index (χ1) is 8.13. The molecule has 0 atom stereocenters. The zero-order valence-corrected chi connectivity index (χ0v) is 10.6. The standard InChI is InChI=1S/C12H16N2O2S/c1-3-5-17-6-4-13-11-8-10(12(15)16)7-9(2)14-11/h3,7-8H,1,4-6H2,2H3,(H,13,14)(H,15,16). The van der Waals surface area contributed by atoms with Crippen LogP contribution in [0.5, 0.6) is 0 Å². The van der Waals surface area contributed by atoms with Crippen LogP contribution in [0.15, 0.2) is 24.8 Å². The van der Waals surface area contributed by atoms with Crippen LogP contribution in [0, 0.1) is 6.92 Å². The average Bonchev–Trinajstić information content (AvgIpc) is 2.28. The molecule has 1 rings (SSSR count). The molecule has 0 saturated heterocycles. The number of pyridine rings is 1. The second-order valence-corrected chi connectivity index (χ2v) is 4.63. The molecule has 0 aromatic carbocycles. The van der Waals surface area contributed by atoms with Gasteiger partial charge in [0, 0.05) is 23.7 Å². The summed E-state index contributed by atoms with van der Waals surface area (Å²) in [6, 6.07) is 3.10. The van der Waals surface area contributed by atoms with E-state index >= 15 is 0 Å². The number of hydrogen-bond donors (Lipinski definition) is 2. The molecule has 1 heterocycles. The first kappa shape index (κ1) is 13.6. The highest BCUT2D eigenvalue weighted by molar-refractivity contribution is 7.99. The van der Waals surface area contributed by atoms with Crippen LogP contribution in [0.2, 0.25) is 0 Å². The highest BCUT2D eigenvalue weighted by Gasteiger charge is 2.05. The normalized spacial score (nSPS) is 9.94. The number of carbonyl (C=O) groups is 1. The highest BCUT2D eigenvalue weighted by Crippen LogP contribution is 2.10. The van der Waals surface area contributed by atoms with Gasteiger partial charge in [0.05, 0.1) is 5.56 Å². The first-order valence-corrected chi connectivity index (χ1v) is 6.43. The van der Waals surface area contributed by atoms with Gasteiger partial charge in [-0.2, -0.15) is 11.8 Å². The second-order valence-electron chi connectivity index (χ2n) is 3.48. The summed E-state index contributed by atoms with van der Waals surface area (Å²) in [4.78, 5) is 15.1. The Morgan fingerprint density at radius 1 is 1.65 bits per heavy atom. The minimum atomic E-state index is -0.931. The third kappa shape index (κ3) is 4.91. The van der Waals surface area contributed by atoms with E-state index in [1.165, 1.54) is 0 Å². The Morgan fingerprint density at radius 3 is 3.06 bits per heavy atom. The summed E-state index contributed by atoms with van der Waals surface area (Å²) < 4.78 is 0. The summed E-state index contributed by atoms with van der Waals surface area (Å²) in [7, 11) is 0.